The smallest absolute Gasteiger partial charge is 0.317 e. The molecule has 0 spiro atoms. The summed E-state index contributed by atoms with van der Waals surface area (Å²) in [6, 6.07) is 0. The predicted octanol–water partition coefficient (Wildman–Crippen LogP) is 3.89. The van der Waals surface area contributed by atoms with Gasteiger partial charge in [0.2, 0.25) is 0 Å². The summed E-state index contributed by atoms with van der Waals surface area (Å²) in [5.41, 5.74) is 0.198. The fraction of sp³-hybridized carbons (Fsp3) is 0.882. The molecule has 0 aromatic heterocycles. The average molecular weight is 280 g/mol. The molecule has 0 aromatic carbocycles. The third-order valence-electron chi connectivity index (χ3n) is 5.06. The zero-order valence-electron chi connectivity index (χ0n) is 13.1. The highest BCUT2D eigenvalue weighted by Crippen LogP contribution is 2.42. The third kappa shape index (κ3) is 3.42. The molecule has 0 radical (unpaired) electrons. The van der Waals surface area contributed by atoms with Crippen LogP contribution in [0.3, 0.4) is 0 Å². The first-order valence-corrected chi connectivity index (χ1v) is 8.18. The van der Waals surface area contributed by atoms with Gasteiger partial charge in [0.25, 0.3) is 0 Å². The lowest BCUT2D eigenvalue weighted by molar-refractivity contribution is -0.147. The Hall–Kier alpha value is -0.860. The van der Waals surface area contributed by atoms with Gasteiger partial charge in [-0.15, -0.1) is 0 Å². The molecular formula is C17H28O3. The second-order valence-corrected chi connectivity index (χ2v) is 7.28. The molecule has 1 heterocycles. The number of hydrogen-bond donors (Lipinski definition) is 0. The van der Waals surface area contributed by atoms with E-state index in [4.69, 9.17) is 4.74 Å². The van der Waals surface area contributed by atoms with E-state index in [0.717, 1.165) is 32.1 Å². The molecule has 20 heavy (non-hydrogen) atoms. The predicted molar refractivity (Wildman–Crippen MR) is 78.3 cm³/mol. The molecule has 1 aliphatic carbocycles. The van der Waals surface area contributed by atoms with Gasteiger partial charge in [0.05, 0.1) is 0 Å². The largest absolute Gasteiger partial charge is 0.461 e. The van der Waals surface area contributed by atoms with Crippen molar-refractivity contribution in [1.82, 2.24) is 0 Å². The van der Waals surface area contributed by atoms with E-state index in [1.54, 1.807) is 0 Å². The number of hydrogen-bond acceptors (Lipinski definition) is 3. The Balaban J connectivity index is 1.87. The highest BCUT2D eigenvalue weighted by atomic mass is 16.6. The quantitative estimate of drug-likeness (QED) is 0.525. The van der Waals surface area contributed by atoms with E-state index in [9.17, 15) is 9.59 Å². The van der Waals surface area contributed by atoms with Crippen LogP contribution in [0.25, 0.3) is 0 Å². The zero-order chi connectivity index (χ0) is 14.8. The van der Waals surface area contributed by atoms with Crippen molar-refractivity contribution in [1.29, 1.82) is 0 Å². The topological polar surface area (TPSA) is 43.4 Å². The Labute approximate surface area is 122 Å². The molecule has 3 nitrogen and oxygen atoms in total. The van der Waals surface area contributed by atoms with Crippen LogP contribution in [0, 0.1) is 17.3 Å². The molecule has 114 valence electrons. The zero-order valence-corrected chi connectivity index (χ0v) is 13.1. The molecule has 1 aliphatic heterocycles. The molecular weight excluding hydrogens is 252 g/mol. The maximum absolute atomic E-state index is 12.4. The second kappa shape index (κ2) is 6.28. The summed E-state index contributed by atoms with van der Waals surface area (Å²) < 4.78 is 5.36. The van der Waals surface area contributed by atoms with Gasteiger partial charge in [-0.1, -0.05) is 33.6 Å². The minimum atomic E-state index is -0.454. The molecule has 3 heteroatoms. The van der Waals surface area contributed by atoms with Crippen molar-refractivity contribution >= 4 is 11.8 Å². The minimum Gasteiger partial charge on any atom is -0.461 e. The van der Waals surface area contributed by atoms with Crippen LogP contribution in [0.5, 0.6) is 0 Å². The Bertz CT molecular complexity index is 372. The van der Waals surface area contributed by atoms with E-state index in [0.29, 0.717) is 6.42 Å². The Morgan fingerprint density at radius 3 is 2.75 bits per heavy atom. The van der Waals surface area contributed by atoms with E-state index in [1.807, 2.05) is 0 Å². The summed E-state index contributed by atoms with van der Waals surface area (Å²) in [5, 5.41) is 0. The van der Waals surface area contributed by atoms with Crippen LogP contribution in [0.15, 0.2) is 0 Å². The van der Waals surface area contributed by atoms with Gasteiger partial charge in [-0.3, -0.25) is 9.59 Å². The Morgan fingerprint density at radius 2 is 2.05 bits per heavy atom. The molecule has 2 fully saturated rings. The number of carbonyl (C=O) groups excluding carboxylic acids is 2. The fourth-order valence-corrected chi connectivity index (χ4v) is 3.65. The maximum atomic E-state index is 12.4. The number of Topliss-reactive ketones (excluding diaryl/α,β-unsaturated/α-hetero) is 1. The standard InChI is InChI=1S/C17H28O3/c1-4-5-10-17(2,3)11-9-13(18)15-12-7-6-8-14(12)20-16(15)19/h12,14-15H,4-11H2,1-3H3. The fourth-order valence-electron chi connectivity index (χ4n) is 3.65. The van der Waals surface area contributed by atoms with Crippen LogP contribution >= 0.6 is 0 Å². The van der Waals surface area contributed by atoms with Crippen LogP contribution < -0.4 is 0 Å². The van der Waals surface area contributed by atoms with Crippen molar-refractivity contribution in [3.8, 4) is 0 Å². The number of esters is 1. The molecule has 2 rings (SSSR count). The summed E-state index contributed by atoms with van der Waals surface area (Å²) in [7, 11) is 0. The lowest BCUT2D eigenvalue weighted by atomic mass is 9.79. The monoisotopic (exact) mass is 280 g/mol. The summed E-state index contributed by atoms with van der Waals surface area (Å²) in [6.07, 6.45) is 8.00. The molecule has 0 N–H and O–H groups in total. The normalized spacial score (nSPS) is 29.4. The average Bonchev–Trinajstić information content (AvgIpc) is 2.93. The molecule has 1 saturated heterocycles. The van der Waals surface area contributed by atoms with Crippen LogP contribution in [0.1, 0.15) is 72.1 Å². The number of ether oxygens (including phenoxy) is 1. The molecule has 0 bridgehead atoms. The molecule has 0 aromatic rings. The molecule has 3 atom stereocenters. The molecule has 3 unspecified atom stereocenters. The summed E-state index contributed by atoms with van der Waals surface area (Å²) in [5.74, 6) is -0.414. The van der Waals surface area contributed by atoms with Crippen molar-refractivity contribution in [3.05, 3.63) is 0 Å². The minimum absolute atomic E-state index is 0.0320. The van der Waals surface area contributed by atoms with E-state index in [1.165, 1.54) is 12.8 Å². The maximum Gasteiger partial charge on any atom is 0.317 e. The Morgan fingerprint density at radius 1 is 1.30 bits per heavy atom. The first kappa shape index (κ1) is 15.5. The van der Waals surface area contributed by atoms with Gasteiger partial charge in [0, 0.05) is 12.3 Å². The summed E-state index contributed by atoms with van der Waals surface area (Å²) in [6.45, 7) is 6.64. The van der Waals surface area contributed by atoms with Crippen molar-refractivity contribution < 1.29 is 14.3 Å². The van der Waals surface area contributed by atoms with Gasteiger partial charge >= 0.3 is 5.97 Å². The molecule has 2 aliphatic rings. The lowest BCUT2D eigenvalue weighted by Gasteiger charge is -2.24. The number of ketones is 1. The van der Waals surface area contributed by atoms with Gasteiger partial charge in [-0.25, -0.2) is 0 Å². The van der Waals surface area contributed by atoms with Crippen molar-refractivity contribution in [2.45, 2.75) is 78.2 Å². The highest BCUT2D eigenvalue weighted by molar-refractivity contribution is 6.00. The van der Waals surface area contributed by atoms with E-state index < -0.39 is 5.92 Å². The van der Waals surface area contributed by atoms with Crippen molar-refractivity contribution in [3.63, 3.8) is 0 Å². The third-order valence-corrected chi connectivity index (χ3v) is 5.06. The lowest BCUT2D eigenvalue weighted by Crippen LogP contribution is -2.27. The van der Waals surface area contributed by atoms with E-state index >= 15 is 0 Å². The van der Waals surface area contributed by atoms with Gasteiger partial charge in [0.1, 0.15) is 17.8 Å². The number of unbranched alkanes of at least 4 members (excludes halogenated alkanes) is 1. The number of carbonyl (C=O) groups is 2. The van der Waals surface area contributed by atoms with E-state index in [-0.39, 0.29) is 29.2 Å². The van der Waals surface area contributed by atoms with Crippen LogP contribution in [0.2, 0.25) is 0 Å². The first-order valence-electron chi connectivity index (χ1n) is 8.18. The summed E-state index contributed by atoms with van der Waals surface area (Å²) in [4.78, 5) is 24.3. The van der Waals surface area contributed by atoms with Crippen LogP contribution in [0.4, 0.5) is 0 Å². The van der Waals surface area contributed by atoms with Crippen LogP contribution in [-0.4, -0.2) is 17.9 Å². The second-order valence-electron chi connectivity index (χ2n) is 7.28. The van der Waals surface area contributed by atoms with Gasteiger partial charge in [-0.05, 0) is 37.5 Å². The Kier molecular flexibility index (Phi) is 4.87. The van der Waals surface area contributed by atoms with Gasteiger partial charge < -0.3 is 4.74 Å². The highest BCUT2D eigenvalue weighted by Gasteiger charge is 2.50. The van der Waals surface area contributed by atoms with Crippen LogP contribution in [-0.2, 0) is 14.3 Å². The van der Waals surface area contributed by atoms with Crippen molar-refractivity contribution in [2.24, 2.45) is 17.3 Å². The number of fused-ring (bicyclic) bond motifs is 1. The first-order chi connectivity index (χ1) is 9.44. The van der Waals surface area contributed by atoms with Crippen molar-refractivity contribution in [2.75, 3.05) is 0 Å². The summed E-state index contributed by atoms with van der Waals surface area (Å²) >= 11 is 0. The SMILES string of the molecule is CCCCC(C)(C)CCC(=O)C1C(=O)OC2CCCC21. The van der Waals surface area contributed by atoms with E-state index in [2.05, 4.69) is 20.8 Å². The number of rotatable bonds is 7. The van der Waals surface area contributed by atoms with Gasteiger partial charge in [0.15, 0.2) is 0 Å². The van der Waals surface area contributed by atoms with Gasteiger partial charge in [-0.2, -0.15) is 0 Å². The molecule has 1 saturated carbocycles. The molecule has 0 amide bonds.